The highest BCUT2D eigenvalue weighted by atomic mass is 32.2. The van der Waals surface area contributed by atoms with Crippen molar-refractivity contribution in [3.63, 3.8) is 0 Å². The minimum absolute atomic E-state index is 0.0659. The molecule has 0 aromatic carbocycles. The van der Waals surface area contributed by atoms with Crippen molar-refractivity contribution in [2.45, 2.75) is 36.7 Å². The summed E-state index contributed by atoms with van der Waals surface area (Å²) in [5, 5.41) is 8.92. The SMILES string of the molecule is CC(CNS(=O)(=O)c1cccnc1C#N)N(C)C1CC1. The summed E-state index contributed by atoms with van der Waals surface area (Å²) in [5.74, 6) is 0. The number of nitriles is 1. The van der Waals surface area contributed by atoms with E-state index in [0.29, 0.717) is 12.6 Å². The molecule has 1 N–H and O–H groups in total. The van der Waals surface area contributed by atoms with Gasteiger partial charge in [0, 0.05) is 24.8 Å². The van der Waals surface area contributed by atoms with Gasteiger partial charge in [-0.3, -0.25) is 4.90 Å². The number of aromatic nitrogens is 1. The van der Waals surface area contributed by atoms with Crippen molar-refractivity contribution in [1.82, 2.24) is 14.6 Å². The smallest absolute Gasteiger partial charge is 0.243 e. The predicted molar refractivity (Wildman–Crippen MR) is 74.4 cm³/mol. The normalized spacial score (nSPS) is 16.9. The molecule has 1 atom stereocenters. The highest BCUT2D eigenvalue weighted by molar-refractivity contribution is 7.89. The Balaban J connectivity index is 2.06. The Bertz CT molecular complexity index is 620. The first-order valence-electron chi connectivity index (χ1n) is 6.52. The van der Waals surface area contributed by atoms with Gasteiger partial charge >= 0.3 is 0 Å². The third kappa shape index (κ3) is 3.33. The highest BCUT2D eigenvalue weighted by Crippen LogP contribution is 2.26. The molecule has 108 valence electrons. The molecule has 1 saturated carbocycles. The van der Waals surface area contributed by atoms with Crippen LogP contribution in [0.1, 0.15) is 25.5 Å². The Hall–Kier alpha value is -1.49. The van der Waals surface area contributed by atoms with Crippen molar-refractivity contribution in [3.8, 4) is 6.07 Å². The van der Waals surface area contributed by atoms with Crippen molar-refractivity contribution in [2.75, 3.05) is 13.6 Å². The van der Waals surface area contributed by atoms with Crippen LogP contribution in [-0.4, -0.2) is 44.0 Å². The first-order valence-corrected chi connectivity index (χ1v) is 8.00. The van der Waals surface area contributed by atoms with E-state index in [1.54, 1.807) is 6.07 Å². The summed E-state index contributed by atoms with van der Waals surface area (Å²) in [6, 6.07) is 5.38. The van der Waals surface area contributed by atoms with Gasteiger partial charge < -0.3 is 0 Å². The molecular weight excluding hydrogens is 276 g/mol. The molecule has 7 heteroatoms. The molecule has 2 rings (SSSR count). The number of pyridine rings is 1. The quantitative estimate of drug-likeness (QED) is 0.835. The Morgan fingerprint density at radius 2 is 2.30 bits per heavy atom. The van der Waals surface area contributed by atoms with Crippen LogP contribution in [0.5, 0.6) is 0 Å². The Morgan fingerprint density at radius 3 is 2.90 bits per heavy atom. The highest BCUT2D eigenvalue weighted by Gasteiger charge is 2.30. The fraction of sp³-hybridized carbons (Fsp3) is 0.538. The molecule has 6 nitrogen and oxygen atoms in total. The van der Waals surface area contributed by atoms with E-state index in [2.05, 4.69) is 14.6 Å². The Morgan fingerprint density at radius 1 is 1.60 bits per heavy atom. The van der Waals surface area contributed by atoms with Crippen molar-refractivity contribution < 1.29 is 8.42 Å². The number of likely N-dealkylation sites (N-methyl/N-ethyl adjacent to an activating group) is 1. The van der Waals surface area contributed by atoms with Gasteiger partial charge in [0.25, 0.3) is 0 Å². The molecule has 1 aliphatic carbocycles. The molecule has 1 fully saturated rings. The first-order chi connectivity index (χ1) is 9.45. The lowest BCUT2D eigenvalue weighted by Crippen LogP contribution is -2.41. The first kappa shape index (κ1) is 14.9. The summed E-state index contributed by atoms with van der Waals surface area (Å²) in [7, 11) is -1.70. The molecular formula is C13H18N4O2S. The van der Waals surface area contributed by atoms with Gasteiger partial charge in [-0.2, -0.15) is 5.26 Å². The minimum atomic E-state index is -3.70. The third-order valence-corrected chi connectivity index (χ3v) is 5.01. The maximum Gasteiger partial charge on any atom is 0.243 e. The maximum atomic E-state index is 12.2. The van der Waals surface area contributed by atoms with Crippen molar-refractivity contribution >= 4 is 10.0 Å². The summed E-state index contributed by atoms with van der Waals surface area (Å²) in [6.45, 7) is 2.30. The van der Waals surface area contributed by atoms with Gasteiger partial charge in [-0.05, 0) is 38.9 Å². The molecule has 1 unspecified atom stereocenters. The summed E-state index contributed by atoms with van der Waals surface area (Å²) in [6.07, 6.45) is 3.75. The van der Waals surface area contributed by atoms with Crippen molar-refractivity contribution in [1.29, 1.82) is 5.26 Å². The van der Waals surface area contributed by atoms with Gasteiger partial charge in [-0.15, -0.1) is 0 Å². The van der Waals surface area contributed by atoms with Crippen LogP contribution in [0.25, 0.3) is 0 Å². The van der Waals surface area contributed by atoms with E-state index in [-0.39, 0.29) is 16.6 Å². The second kappa shape index (κ2) is 5.87. The Labute approximate surface area is 119 Å². The second-order valence-corrected chi connectivity index (χ2v) is 6.79. The fourth-order valence-corrected chi connectivity index (χ4v) is 3.21. The fourth-order valence-electron chi connectivity index (χ4n) is 1.99. The van der Waals surface area contributed by atoms with E-state index in [1.165, 1.54) is 31.2 Å². The largest absolute Gasteiger partial charge is 0.299 e. The van der Waals surface area contributed by atoms with Crippen molar-refractivity contribution in [3.05, 3.63) is 24.0 Å². The number of nitrogens with one attached hydrogen (secondary N) is 1. The van der Waals surface area contributed by atoms with Gasteiger partial charge in [0.15, 0.2) is 5.69 Å². The van der Waals surface area contributed by atoms with E-state index >= 15 is 0 Å². The van der Waals surface area contributed by atoms with Crippen LogP contribution in [0, 0.1) is 11.3 Å². The maximum absolute atomic E-state index is 12.2. The Kier molecular flexibility index (Phi) is 4.38. The van der Waals surface area contributed by atoms with Crippen LogP contribution in [0.4, 0.5) is 0 Å². The zero-order valence-electron chi connectivity index (χ0n) is 11.6. The number of sulfonamides is 1. The van der Waals surface area contributed by atoms with Crippen LogP contribution in [0.2, 0.25) is 0 Å². The standard InChI is InChI=1S/C13H18N4O2S/c1-10(17(2)11-5-6-11)9-16-20(18,19)13-4-3-7-15-12(13)8-14/h3-4,7,10-11,16H,5-6,9H2,1-2H3. The minimum Gasteiger partial charge on any atom is -0.299 e. The predicted octanol–water partition coefficient (Wildman–Crippen LogP) is 0.714. The van der Waals surface area contributed by atoms with Crippen LogP contribution >= 0.6 is 0 Å². The lowest BCUT2D eigenvalue weighted by molar-refractivity contribution is 0.248. The topological polar surface area (TPSA) is 86.1 Å². The summed E-state index contributed by atoms with van der Waals surface area (Å²) in [4.78, 5) is 5.88. The molecule has 0 saturated heterocycles. The van der Waals surface area contributed by atoms with E-state index in [1.807, 2.05) is 14.0 Å². The van der Waals surface area contributed by atoms with E-state index in [4.69, 9.17) is 5.26 Å². The molecule has 1 aromatic rings. The van der Waals surface area contributed by atoms with Gasteiger partial charge in [0.05, 0.1) is 0 Å². The number of hydrogen-bond donors (Lipinski definition) is 1. The number of rotatable bonds is 6. The van der Waals surface area contributed by atoms with Gasteiger partial charge in [0.1, 0.15) is 11.0 Å². The molecule has 0 spiro atoms. The molecule has 0 amide bonds. The van der Waals surface area contributed by atoms with Crippen molar-refractivity contribution in [2.24, 2.45) is 0 Å². The molecule has 20 heavy (non-hydrogen) atoms. The van der Waals surface area contributed by atoms with Crippen LogP contribution < -0.4 is 4.72 Å². The molecule has 1 aliphatic rings. The molecule has 0 aliphatic heterocycles. The number of nitrogens with zero attached hydrogens (tertiary/aromatic N) is 3. The van der Waals surface area contributed by atoms with Crippen LogP contribution in [0.3, 0.4) is 0 Å². The van der Waals surface area contributed by atoms with Crippen LogP contribution in [-0.2, 0) is 10.0 Å². The lowest BCUT2D eigenvalue weighted by atomic mass is 10.3. The molecule has 1 heterocycles. The summed E-state index contributed by atoms with van der Waals surface area (Å²) in [5.41, 5.74) is -0.0804. The summed E-state index contributed by atoms with van der Waals surface area (Å²) < 4.78 is 27.0. The average Bonchev–Trinajstić information content (AvgIpc) is 3.28. The van der Waals surface area contributed by atoms with E-state index in [9.17, 15) is 8.42 Å². The third-order valence-electron chi connectivity index (χ3n) is 3.55. The van der Waals surface area contributed by atoms with Gasteiger partial charge in [-0.1, -0.05) is 0 Å². The van der Waals surface area contributed by atoms with Gasteiger partial charge in [-0.25, -0.2) is 18.1 Å². The van der Waals surface area contributed by atoms with Gasteiger partial charge in [0.2, 0.25) is 10.0 Å². The lowest BCUT2D eigenvalue weighted by Gasteiger charge is -2.24. The number of hydrogen-bond acceptors (Lipinski definition) is 5. The molecule has 1 aromatic heterocycles. The average molecular weight is 294 g/mol. The zero-order valence-corrected chi connectivity index (χ0v) is 12.4. The van der Waals surface area contributed by atoms with Crippen LogP contribution in [0.15, 0.2) is 23.2 Å². The second-order valence-electron chi connectivity index (χ2n) is 5.06. The van der Waals surface area contributed by atoms with E-state index < -0.39 is 10.0 Å². The van der Waals surface area contributed by atoms with E-state index in [0.717, 1.165) is 0 Å². The monoisotopic (exact) mass is 294 g/mol. The molecule has 0 radical (unpaired) electrons. The molecule has 0 bridgehead atoms. The zero-order chi connectivity index (χ0) is 14.8. The summed E-state index contributed by atoms with van der Waals surface area (Å²) >= 11 is 0.